The molecule has 2 rings (SSSR count). The van der Waals surface area contributed by atoms with Crippen molar-refractivity contribution in [3.05, 3.63) is 34.9 Å². The normalized spacial score (nSPS) is 20.4. The van der Waals surface area contributed by atoms with Crippen molar-refractivity contribution in [1.29, 1.82) is 0 Å². The van der Waals surface area contributed by atoms with Crippen LogP contribution >= 0.6 is 0 Å². The largest absolute Gasteiger partial charge is 0.323 e. The van der Waals surface area contributed by atoms with E-state index in [1.54, 1.807) is 0 Å². The second kappa shape index (κ2) is 7.39. The zero-order valence-electron chi connectivity index (χ0n) is 14.1. The first-order chi connectivity index (χ1) is 9.99. The third kappa shape index (κ3) is 4.53. The van der Waals surface area contributed by atoms with Crippen LogP contribution in [0.4, 0.5) is 0 Å². The van der Waals surface area contributed by atoms with Crippen LogP contribution in [-0.4, -0.2) is 48.6 Å². The van der Waals surface area contributed by atoms with Crippen LogP contribution < -0.4 is 5.73 Å². The van der Waals surface area contributed by atoms with Crippen LogP contribution in [-0.2, 0) is 0 Å². The molecule has 2 unspecified atom stereocenters. The van der Waals surface area contributed by atoms with Crippen LogP contribution in [0.15, 0.2) is 18.2 Å². The summed E-state index contributed by atoms with van der Waals surface area (Å²) in [5, 5.41) is 0. The van der Waals surface area contributed by atoms with Gasteiger partial charge in [0.15, 0.2) is 0 Å². The summed E-state index contributed by atoms with van der Waals surface area (Å²) in [6.45, 7) is 14.5. The Morgan fingerprint density at radius 2 is 1.62 bits per heavy atom. The number of hydrogen-bond donors (Lipinski definition) is 1. The Kier molecular flexibility index (Phi) is 5.80. The number of piperazine rings is 1. The molecule has 0 bridgehead atoms. The van der Waals surface area contributed by atoms with E-state index in [0.717, 1.165) is 19.6 Å². The average molecular weight is 289 g/mol. The molecule has 21 heavy (non-hydrogen) atoms. The second-order valence-corrected chi connectivity index (χ2v) is 6.62. The van der Waals surface area contributed by atoms with Gasteiger partial charge in [0.2, 0.25) is 0 Å². The van der Waals surface area contributed by atoms with E-state index in [0.29, 0.717) is 6.04 Å². The molecule has 1 aromatic carbocycles. The number of hydrogen-bond acceptors (Lipinski definition) is 3. The number of aryl methyl sites for hydroxylation is 2. The van der Waals surface area contributed by atoms with Crippen molar-refractivity contribution in [2.75, 3.05) is 32.7 Å². The Hall–Kier alpha value is -0.900. The quantitative estimate of drug-likeness (QED) is 0.904. The Balaban J connectivity index is 1.88. The summed E-state index contributed by atoms with van der Waals surface area (Å²) in [6, 6.07) is 7.50. The van der Waals surface area contributed by atoms with Crippen molar-refractivity contribution >= 4 is 0 Å². The van der Waals surface area contributed by atoms with Gasteiger partial charge in [0.05, 0.1) is 0 Å². The van der Waals surface area contributed by atoms with Crippen LogP contribution in [0, 0.1) is 13.8 Å². The van der Waals surface area contributed by atoms with Crippen LogP contribution in [0.3, 0.4) is 0 Å². The van der Waals surface area contributed by atoms with Crippen molar-refractivity contribution in [2.45, 2.75) is 46.2 Å². The molecule has 3 heteroatoms. The molecular formula is C18H31N3. The summed E-state index contributed by atoms with van der Waals surface area (Å²) < 4.78 is 0. The van der Waals surface area contributed by atoms with E-state index in [4.69, 9.17) is 5.73 Å². The van der Waals surface area contributed by atoms with Gasteiger partial charge in [-0.1, -0.05) is 36.2 Å². The molecule has 0 spiro atoms. The first-order valence-electron chi connectivity index (χ1n) is 8.29. The standard InChI is InChI=1S/C18H31N3/c1-5-16(4)21-8-6-20(7-9-21)13-18(19)17-11-14(2)10-15(3)12-17/h10-12,16,18H,5-9,13,19H2,1-4H3. The highest BCUT2D eigenvalue weighted by molar-refractivity contribution is 5.30. The topological polar surface area (TPSA) is 32.5 Å². The predicted octanol–water partition coefficient (Wildman–Crippen LogP) is 2.72. The fraction of sp³-hybridized carbons (Fsp3) is 0.667. The number of nitrogens with two attached hydrogens (primary N) is 1. The summed E-state index contributed by atoms with van der Waals surface area (Å²) >= 11 is 0. The van der Waals surface area contributed by atoms with Crippen LogP contribution in [0.25, 0.3) is 0 Å². The molecule has 0 amide bonds. The van der Waals surface area contributed by atoms with Gasteiger partial charge in [-0.25, -0.2) is 0 Å². The van der Waals surface area contributed by atoms with E-state index in [2.05, 4.69) is 55.7 Å². The maximum absolute atomic E-state index is 6.43. The SMILES string of the molecule is CCC(C)N1CCN(CC(N)c2cc(C)cc(C)c2)CC1. The fourth-order valence-electron chi connectivity index (χ4n) is 3.25. The summed E-state index contributed by atoms with van der Waals surface area (Å²) in [5.74, 6) is 0. The minimum absolute atomic E-state index is 0.124. The first-order valence-corrected chi connectivity index (χ1v) is 8.29. The highest BCUT2D eigenvalue weighted by Crippen LogP contribution is 2.17. The van der Waals surface area contributed by atoms with E-state index in [1.165, 1.54) is 36.2 Å². The Morgan fingerprint density at radius 1 is 1.05 bits per heavy atom. The fourth-order valence-corrected chi connectivity index (χ4v) is 3.25. The lowest BCUT2D eigenvalue weighted by molar-refractivity contribution is 0.0968. The zero-order valence-corrected chi connectivity index (χ0v) is 14.1. The van der Waals surface area contributed by atoms with Gasteiger partial charge in [0.1, 0.15) is 0 Å². The van der Waals surface area contributed by atoms with Crippen LogP contribution in [0.1, 0.15) is 43.0 Å². The second-order valence-electron chi connectivity index (χ2n) is 6.62. The third-order valence-electron chi connectivity index (χ3n) is 4.75. The maximum Gasteiger partial charge on any atom is 0.0424 e. The van der Waals surface area contributed by atoms with Crippen molar-refractivity contribution in [3.8, 4) is 0 Å². The van der Waals surface area contributed by atoms with Gasteiger partial charge in [-0.3, -0.25) is 9.80 Å². The van der Waals surface area contributed by atoms with Gasteiger partial charge in [0.25, 0.3) is 0 Å². The molecule has 0 aliphatic carbocycles. The molecule has 2 atom stereocenters. The minimum atomic E-state index is 0.124. The number of rotatable bonds is 5. The van der Waals surface area contributed by atoms with Gasteiger partial charge in [-0.05, 0) is 32.8 Å². The summed E-state index contributed by atoms with van der Waals surface area (Å²) in [5.41, 5.74) is 10.3. The molecule has 3 nitrogen and oxygen atoms in total. The molecule has 0 saturated carbocycles. The average Bonchev–Trinajstić information content (AvgIpc) is 2.46. The Bertz CT molecular complexity index is 430. The highest BCUT2D eigenvalue weighted by atomic mass is 15.3. The van der Waals surface area contributed by atoms with Crippen LogP contribution in [0.5, 0.6) is 0 Å². The smallest absolute Gasteiger partial charge is 0.0424 e. The lowest BCUT2D eigenvalue weighted by atomic mass is 10.0. The van der Waals surface area contributed by atoms with Crippen molar-refractivity contribution in [1.82, 2.24) is 9.80 Å². The van der Waals surface area contributed by atoms with E-state index in [9.17, 15) is 0 Å². The Labute approximate surface area is 130 Å². The Morgan fingerprint density at radius 3 is 2.14 bits per heavy atom. The number of benzene rings is 1. The van der Waals surface area contributed by atoms with Crippen molar-refractivity contribution in [2.24, 2.45) is 5.73 Å². The number of nitrogens with zero attached hydrogens (tertiary/aromatic N) is 2. The molecule has 1 aliphatic rings. The molecule has 1 saturated heterocycles. The lowest BCUT2D eigenvalue weighted by Gasteiger charge is -2.38. The molecule has 1 heterocycles. The summed E-state index contributed by atoms with van der Waals surface area (Å²) in [4.78, 5) is 5.11. The zero-order chi connectivity index (χ0) is 15.4. The van der Waals surface area contributed by atoms with Crippen LogP contribution in [0.2, 0.25) is 0 Å². The molecule has 1 fully saturated rings. The van der Waals surface area contributed by atoms with E-state index >= 15 is 0 Å². The van der Waals surface area contributed by atoms with Gasteiger partial charge in [0, 0.05) is 44.8 Å². The minimum Gasteiger partial charge on any atom is -0.323 e. The highest BCUT2D eigenvalue weighted by Gasteiger charge is 2.21. The monoisotopic (exact) mass is 289 g/mol. The molecule has 1 aromatic rings. The van der Waals surface area contributed by atoms with Gasteiger partial charge in [-0.2, -0.15) is 0 Å². The molecular weight excluding hydrogens is 258 g/mol. The summed E-state index contributed by atoms with van der Waals surface area (Å²) in [7, 11) is 0. The lowest BCUT2D eigenvalue weighted by Crippen LogP contribution is -2.50. The molecule has 0 radical (unpaired) electrons. The van der Waals surface area contributed by atoms with Crippen molar-refractivity contribution in [3.63, 3.8) is 0 Å². The van der Waals surface area contributed by atoms with E-state index < -0.39 is 0 Å². The van der Waals surface area contributed by atoms with Crippen molar-refractivity contribution < 1.29 is 0 Å². The van der Waals surface area contributed by atoms with E-state index in [-0.39, 0.29) is 6.04 Å². The maximum atomic E-state index is 6.43. The van der Waals surface area contributed by atoms with Gasteiger partial charge >= 0.3 is 0 Å². The first kappa shape index (κ1) is 16.5. The van der Waals surface area contributed by atoms with E-state index in [1.807, 2.05) is 0 Å². The molecule has 1 aliphatic heterocycles. The molecule has 2 N–H and O–H groups in total. The van der Waals surface area contributed by atoms with Gasteiger partial charge in [-0.15, -0.1) is 0 Å². The third-order valence-corrected chi connectivity index (χ3v) is 4.75. The summed E-state index contributed by atoms with van der Waals surface area (Å²) in [6.07, 6.45) is 1.24. The van der Waals surface area contributed by atoms with Gasteiger partial charge < -0.3 is 5.73 Å². The predicted molar refractivity (Wildman–Crippen MR) is 90.6 cm³/mol. The molecule has 0 aromatic heterocycles. The molecule has 118 valence electrons.